The van der Waals surface area contributed by atoms with Crippen molar-refractivity contribution in [2.75, 3.05) is 0 Å². The van der Waals surface area contributed by atoms with E-state index in [4.69, 9.17) is 4.74 Å². The van der Waals surface area contributed by atoms with Crippen molar-refractivity contribution in [1.29, 1.82) is 0 Å². The van der Waals surface area contributed by atoms with Crippen LogP contribution in [0.2, 0.25) is 0 Å². The summed E-state index contributed by atoms with van der Waals surface area (Å²) in [6, 6.07) is 10.9. The first-order chi connectivity index (χ1) is 9.65. The lowest BCUT2D eigenvalue weighted by Gasteiger charge is -2.09. The number of hydrogen-bond acceptors (Lipinski definition) is 3. The standard InChI is InChI=1S/C17H17NO2/c1-13(2)20-16-8-6-15(7-9-16)17(19)10-5-14-4-3-11-18-12-14/h3-13H,1-2H3. The first kappa shape index (κ1) is 14.0. The summed E-state index contributed by atoms with van der Waals surface area (Å²) in [4.78, 5) is 16.0. The summed E-state index contributed by atoms with van der Waals surface area (Å²) in [5.41, 5.74) is 1.54. The zero-order valence-electron chi connectivity index (χ0n) is 11.6. The molecule has 0 unspecified atom stereocenters. The number of rotatable bonds is 5. The summed E-state index contributed by atoms with van der Waals surface area (Å²) in [5.74, 6) is 0.734. The maximum absolute atomic E-state index is 12.0. The maximum Gasteiger partial charge on any atom is 0.185 e. The van der Waals surface area contributed by atoms with Crippen LogP contribution in [-0.2, 0) is 0 Å². The Kier molecular flexibility index (Phi) is 4.66. The van der Waals surface area contributed by atoms with Crippen LogP contribution in [0.1, 0.15) is 29.8 Å². The van der Waals surface area contributed by atoms with Crippen molar-refractivity contribution in [1.82, 2.24) is 4.98 Å². The minimum absolute atomic E-state index is 0.0371. The molecule has 0 atom stereocenters. The number of ether oxygens (including phenoxy) is 1. The molecule has 0 amide bonds. The lowest BCUT2D eigenvalue weighted by molar-refractivity contribution is 0.104. The summed E-state index contributed by atoms with van der Waals surface area (Å²) >= 11 is 0. The van der Waals surface area contributed by atoms with Gasteiger partial charge >= 0.3 is 0 Å². The second-order valence-electron chi connectivity index (χ2n) is 4.67. The third kappa shape index (κ3) is 4.05. The molecule has 0 fully saturated rings. The third-order valence-corrected chi connectivity index (χ3v) is 2.62. The van der Waals surface area contributed by atoms with Crippen LogP contribution in [0.5, 0.6) is 5.75 Å². The van der Waals surface area contributed by atoms with Gasteiger partial charge in [-0.25, -0.2) is 0 Å². The highest BCUT2D eigenvalue weighted by atomic mass is 16.5. The molecule has 20 heavy (non-hydrogen) atoms. The number of ketones is 1. The van der Waals surface area contributed by atoms with E-state index in [1.165, 1.54) is 0 Å². The number of nitrogens with zero attached hydrogens (tertiary/aromatic N) is 1. The van der Waals surface area contributed by atoms with Crippen LogP contribution in [0, 0.1) is 0 Å². The van der Waals surface area contributed by atoms with E-state index in [1.807, 2.05) is 38.1 Å². The van der Waals surface area contributed by atoms with Gasteiger partial charge in [0.1, 0.15) is 5.75 Å². The zero-order valence-corrected chi connectivity index (χ0v) is 11.6. The Hall–Kier alpha value is -2.42. The molecule has 0 saturated heterocycles. The molecule has 0 N–H and O–H groups in total. The van der Waals surface area contributed by atoms with Crippen molar-refractivity contribution < 1.29 is 9.53 Å². The summed E-state index contributed by atoms with van der Waals surface area (Å²) in [6.45, 7) is 3.94. The van der Waals surface area contributed by atoms with E-state index in [9.17, 15) is 4.79 Å². The molecule has 0 aliphatic rings. The minimum Gasteiger partial charge on any atom is -0.491 e. The fraction of sp³-hybridized carbons (Fsp3) is 0.176. The van der Waals surface area contributed by atoms with Gasteiger partial charge in [-0.2, -0.15) is 0 Å². The molecule has 1 aromatic carbocycles. The van der Waals surface area contributed by atoms with Crippen LogP contribution in [0.3, 0.4) is 0 Å². The van der Waals surface area contributed by atoms with E-state index >= 15 is 0 Å². The van der Waals surface area contributed by atoms with Crippen molar-refractivity contribution in [2.24, 2.45) is 0 Å². The summed E-state index contributed by atoms with van der Waals surface area (Å²) in [5, 5.41) is 0. The molecule has 0 aliphatic heterocycles. The summed E-state index contributed by atoms with van der Waals surface area (Å²) in [7, 11) is 0. The average molecular weight is 267 g/mol. The molecule has 102 valence electrons. The highest BCUT2D eigenvalue weighted by Crippen LogP contribution is 2.14. The van der Waals surface area contributed by atoms with Crippen molar-refractivity contribution in [3.8, 4) is 5.75 Å². The van der Waals surface area contributed by atoms with Gasteiger partial charge in [0.05, 0.1) is 6.10 Å². The van der Waals surface area contributed by atoms with Crippen molar-refractivity contribution >= 4 is 11.9 Å². The third-order valence-electron chi connectivity index (χ3n) is 2.62. The van der Waals surface area contributed by atoms with Gasteiger partial charge in [0.2, 0.25) is 0 Å². The topological polar surface area (TPSA) is 39.2 Å². The minimum atomic E-state index is -0.0371. The van der Waals surface area contributed by atoms with Gasteiger partial charge in [-0.1, -0.05) is 6.07 Å². The van der Waals surface area contributed by atoms with E-state index in [-0.39, 0.29) is 11.9 Å². The number of carbonyl (C=O) groups is 1. The van der Waals surface area contributed by atoms with Gasteiger partial charge in [-0.15, -0.1) is 0 Å². The van der Waals surface area contributed by atoms with Crippen molar-refractivity contribution in [3.63, 3.8) is 0 Å². The van der Waals surface area contributed by atoms with E-state index < -0.39 is 0 Å². The molecular formula is C17H17NO2. The predicted octanol–water partition coefficient (Wildman–Crippen LogP) is 3.76. The highest BCUT2D eigenvalue weighted by molar-refractivity contribution is 6.06. The Morgan fingerprint density at radius 3 is 2.55 bits per heavy atom. The number of hydrogen-bond donors (Lipinski definition) is 0. The van der Waals surface area contributed by atoms with Gasteiger partial charge in [-0.3, -0.25) is 9.78 Å². The molecule has 1 aromatic heterocycles. The fourth-order valence-corrected chi connectivity index (χ4v) is 1.71. The predicted molar refractivity (Wildman–Crippen MR) is 79.8 cm³/mol. The molecule has 0 aliphatic carbocycles. The summed E-state index contributed by atoms with van der Waals surface area (Å²) < 4.78 is 5.54. The van der Waals surface area contributed by atoms with Crippen LogP contribution in [0.25, 0.3) is 6.08 Å². The smallest absolute Gasteiger partial charge is 0.185 e. The molecule has 0 bridgehead atoms. The first-order valence-corrected chi connectivity index (χ1v) is 6.54. The molecule has 0 spiro atoms. The monoisotopic (exact) mass is 267 g/mol. The Balaban J connectivity index is 2.04. The van der Waals surface area contributed by atoms with Gasteiger partial charge in [0.15, 0.2) is 5.78 Å². The second kappa shape index (κ2) is 6.66. The van der Waals surface area contributed by atoms with E-state index in [0.717, 1.165) is 11.3 Å². The Morgan fingerprint density at radius 2 is 1.95 bits per heavy atom. The Bertz CT molecular complexity index is 586. The normalized spacial score (nSPS) is 10.9. The maximum atomic E-state index is 12.0. The van der Waals surface area contributed by atoms with Crippen LogP contribution in [-0.4, -0.2) is 16.9 Å². The van der Waals surface area contributed by atoms with Crippen LogP contribution in [0.4, 0.5) is 0 Å². The largest absolute Gasteiger partial charge is 0.491 e. The second-order valence-corrected chi connectivity index (χ2v) is 4.67. The van der Waals surface area contributed by atoms with E-state index in [0.29, 0.717) is 5.56 Å². The Labute approximate surface area is 118 Å². The SMILES string of the molecule is CC(C)Oc1ccc(C(=O)C=Cc2cccnc2)cc1. The summed E-state index contributed by atoms with van der Waals surface area (Å²) in [6.07, 6.45) is 6.85. The van der Waals surface area contributed by atoms with Crippen molar-refractivity contribution in [3.05, 3.63) is 66.0 Å². The van der Waals surface area contributed by atoms with Gasteiger partial charge < -0.3 is 4.74 Å². The molecule has 3 heteroatoms. The van der Waals surface area contributed by atoms with Crippen LogP contribution < -0.4 is 4.74 Å². The van der Waals surface area contributed by atoms with Gasteiger partial charge in [0.25, 0.3) is 0 Å². The van der Waals surface area contributed by atoms with Crippen LogP contribution in [0.15, 0.2) is 54.9 Å². The molecule has 0 radical (unpaired) electrons. The molecule has 0 saturated carbocycles. The Morgan fingerprint density at radius 1 is 1.20 bits per heavy atom. The first-order valence-electron chi connectivity index (χ1n) is 6.54. The molecule has 2 rings (SSSR count). The van der Waals surface area contributed by atoms with E-state index in [2.05, 4.69) is 4.98 Å². The average Bonchev–Trinajstić information content (AvgIpc) is 2.46. The van der Waals surface area contributed by atoms with Gasteiger partial charge in [-0.05, 0) is 61.9 Å². The zero-order chi connectivity index (χ0) is 14.4. The number of pyridine rings is 1. The molecular weight excluding hydrogens is 250 g/mol. The molecule has 2 aromatic rings. The number of benzene rings is 1. The number of aromatic nitrogens is 1. The quantitative estimate of drug-likeness (QED) is 0.611. The number of allylic oxidation sites excluding steroid dienone is 1. The van der Waals surface area contributed by atoms with Gasteiger partial charge in [0, 0.05) is 18.0 Å². The number of carbonyl (C=O) groups excluding carboxylic acids is 1. The lowest BCUT2D eigenvalue weighted by Crippen LogP contribution is -2.05. The van der Waals surface area contributed by atoms with E-state index in [1.54, 1.807) is 36.7 Å². The molecule has 3 nitrogen and oxygen atoms in total. The van der Waals surface area contributed by atoms with Crippen molar-refractivity contribution in [2.45, 2.75) is 20.0 Å². The molecule has 1 heterocycles. The highest BCUT2D eigenvalue weighted by Gasteiger charge is 2.03. The lowest BCUT2D eigenvalue weighted by atomic mass is 10.1. The van der Waals surface area contributed by atoms with Crippen LogP contribution >= 0.6 is 0 Å². The fourth-order valence-electron chi connectivity index (χ4n) is 1.71.